The minimum atomic E-state index is -3.27. The van der Waals surface area contributed by atoms with Gasteiger partial charge < -0.3 is 0 Å². The summed E-state index contributed by atoms with van der Waals surface area (Å²) in [6.07, 6.45) is 1.16. The summed E-state index contributed by atoms with van der Waals surface area (Å²) in [6.45, 7) is 0. The summed E-state index contributed by atoms with van der Waals surface area (Å²) in [5, 5.41) is 3.16. The molecule has 0 spiro atoms. The predicted molar refractivity (Wildman–Crippen MR) is 100 cm³/mol. The first-order valence-electron chi connectivity index (χ1n) is 6.11. The van der Waals surface area contributed by atoms with Gasteiger partial charge in [-0.3, -0.25) is 10.1 Å². The Morgan fingerprint density at radius 2 is 1.96 bits per heavy atom. The molecule has 10 heteroatoms. The lowest BCUT2D eigenvalue weighted by Crippen LogP contribution is -2.09. The Kier molecular flexibility index (Phi) is 4.62. The van der Waals surface area contributed by atoms with E-state index in [1.807, 2.05) is 0 Å². The molecule has 0 radical (unpaired) electrons. The summed E-state index contributed by atoms with van der Waals surface area (Å²) >= 11 is 9.23. The van der Waals surface area contributed by atoms with Crippen molar-refractivity contribution in [1.82, 2.24) is 4.98 Å². The molecular weight excluding hydrogens is 488 g/mol. The lowest BCUT2D eigenvalue weighted by molar-refractivity contribution is 0.103. The van der Waals surface area contributed by atoms with E-state index < -0.39 is 9.84 Å². The van der Waals surface area contributed by atoms with E-state index in [9.17, 15) is 13.2 Å². The van der Waals surface area contributed by atoms with E-state index in [2.05, 4.69) is 42.2 Å². The number of carbonyl (C=O) groups excluding carboxylic acids is 1. The second-order valence-corrected chi connectivity index (χ2v) is 10.9. The van der Waals surface area contributed by atoms with Crippen molar-refractivity contribution in [2.45, 2.75) is 4.90 Å². The molecule has 3 rings (SSSR count). The number of carbonyl (C=O) groups is 1. The standard InChI is InChI=1S/C13H8Br2N2O3S3/c1-23(19,20)6-2-3-8-9(4-6)22-13(16-8)17-12(18)10-5-7(14)11(15)21-10/h2-5H,1H3,(H,16,17,18). The Balaban J connectivity index is 1.90. The molecule has 0 saturated carbocycles. The minimum Gasteiger partial charge on any atom is -0.297 e. The molecule has 0 aliphatic heterocycles. The topological polar surface area (TPSA) is 76.1 Å². The number of amides is 1. The maximum atomic E-state index is 12.2. The molecule has 2 aromatic heterocycles. The van der Waals surface area contributed by atoms with E-state index in [1.165, 1.54) is 28.7 Å². The fourth-order valence-electron chi connectivity index (χ4n) is 1.81. The summed E-state index contributed by atoms with van der Waals surface area (Å²) < 4.78 is 25.5. The summed E-state index contributed by atoms with van der Waals surface area (Å²) in [7, 11) is -3.27. The molecule has 0 aliphatic rings. The number of hydrogen-bond acceptors (Lipinski definition) is 6. The van der Waals surface area contributed by atoms with Crippen LogP contribution in [-0.2, 0) is 9.84 Å². The third kappa shape index (κ3) is 3.66. The number of anilines is 1. The largest absolute Gasteiger partial charge is 0.297 e. The monoisotopic (exact) mass is 494 g/mol. The average molecular weight is 496 g/mol. The molecule has 120 valence electrons. The number of fused-ring (bicyclic) bond motifs is 1. The normalized spacial score (nSPS) is 11.8. The number of nitrogens with zero attached hydrogens (tertiary/aromatic N) is 1. The first-order valence-corrected chi connectivity index (χ1v) is 11.2. The van der Waals surface area contributed by atoms with Crippen LogP contribution in [-0.4, -0.2) is 25.6 Å². The third-order valence-corrected chi connectivity index (χ3v) is 8.18. The zero-order chi connectivity index (χ0) is 16.8. The van der Waals surface area contributed by atoms with Gasteiger partial charge in [-0.25, -0.2) is 13.4 Å². The van der Waals surface area contributed by atoms with Gasteiger partial charge in [0.15, 0.2) is 15.0 Å². The van der Waals surface area contributed by atoms with Gasteiger partial charge >= 0.3 is 0 Å². The van der Waals surface area contributed by atoms with Gasteiger partial charge in [0.2, 0.25) is 0 Å². The molecule has 5 nitrogen and oxygen atoms in total. The number of hydrogen-bond donors (Lipinski definition) is 1. The average Bonchev–Trinajstić information content (AvgIpc) is 3.00. The van der Waals surface area contributed by atoms with Crippen molar-refractivity contribution < 1.29 is 13.2 Å². The van der Waals surface area contributed by atoms with Gasteiger partial charge in [0.05, 0.1) is 23.8 Å². The lowest BCUT2D eigenvalue weighted by atomic mass is 10.3. The highest BCUT2D eigenvalue weighted by molar-refractivity contribution is 9.13. The number of aromatic nitrogens is 1. The van der Waals surface area contributed by atoms with Crippen LogP contribution in [0.3, 0.4) is 0 Å². The molecule has 1 aromatic carbocycles. The maximum absolute atomic E-state index is 12.2. The smallest absolute Gasteiger partial charge is 0.267 e. The number of thiophene rings is 1. The summed E-state index contributed by atoms with van der Waals surface area (Å²) in [5.41, 5.74) is 0.645. The number of benzene rings is 1. The van der Waals surface area contributed by atoms with Crippen molar-refractivity contribution in [1.29, 1.82) is 0 Å². The van der Waals surface area contributed by atoms with Gasteiger partial charge in [0.1, 0.15) is 0 Å². The van der Waals surface area contributed by atoms with E-state index in [1.54, 1.807) is 18.2 Å². The molecule has 0 fully saturated rings. The number of halogens is 2. The molecular formula is C13H8Br2N2O3S3. The molecule has 23 heavy (non-hydrogen) atoms. The van der Waals surface area contributed by atoms with Crippen molar-refractivity contribution in [3.8, 4) is 0 Å². The van der Waals surface area contributed by atoms with Crippen LogP contribution in [0.25, 0.3) is 10.2 Å². The highest BCUT2D eigenvalue weighted by Crippen LogP contribution is 2.33. The van der Waals surface area contributed by atoms with E-state index in [0.717, 1.165) is 14.5 Å². The van der Waals surface area contributed by atoms with E-state index in [0.29, 0.717) is 20.2 Å². The van der Waals surface area contributed by atoms with E-state index >= 15 is 0 Å². The molecule has 2 heterocycles. The highest BCUT2D eigenvalue weighted by Gasteiger charge is 2.15. The SMILES string of the molecule is CS(=O)(=O)c1ccc2nc(NC(=O)c3cc(Br)c(Br)s3)sc2c1. The van der Waals surface area contributed by atoms with Crippen molar-refractivity contribution in [2.75, 3.05) is 11.6 Å². The van der Waals surface area contributed by atoms with Crippen LogP contribution in [0.2, 0.25) is 0 Å². The third-order valence-electron chi connectivity index (χ3n) is 2.88. The molecule has 0 unspecified atom stereocenters. The molecule has 3 aromatic rings. The van der Waals surface area contributed by atoms with Crippen LogP contribution in [0.1, 0.15) is 9.67 Å². The van der Waals surface area contributed by atoms with E-state index in [-0.39, 0.29) is 10.8 Å². The second-order valence-electron chi connectivity index (χ2n) is 4.61. The van der Waals surface area contributed by atoms with Crippen LogP contribution < -0.4 is 5.32 Å². The van der Waals surface area contributed by atoms with Gasteiger partial charge in [-0.05, 0) is 56.1 Å². The van der Waals surface area contributed by atoms with Gasteiger partial charge in [-0.1, -0.05) is 11.3 Å². The van der Waals surface area contributed by atoms with Crippen LogP contribution in [0.4, 0.5) is 5.13 Å². The highest BCUT2D eigenvalue weighted by atomic mass is 79.9. The van der Waals surface area contributed by atoms with Gasteiger partial charge in [0.25, 0.3) is 5.91 Å². The number of rotatable bonds is 3. The quantitative estimate of drug-likeness (QED) is 0.578. The maximum Gasteiger partial charge on any atom is 0.267 e. The van der Waals surface area contributed by atoms with Crippen LogP contribution in [0, 0.1) is 0 Å². The van der Waals surface area contributed by atoms with Gasteiger partial charge in [-0.15, -0.1) is 11.3 Å². The molecule has 0 saturated heterocycles. The van der Waals surface area contributed by atoms with E-state index in [4.69, 9.17) is 0 Å². The second kappa shape index (κ2) is 6.25. The predicted octanol–water partition coefficient (Wildman–Crippen LogP) is 4.54. The Bertz CT molecular complexity index is 1000. The number of nitrogens with one attached hydrogen (secondary N) is 1. The zero-order valence-electron chi connectivity index (χ0n) is 11.5. The Morgan fingerprint density at radius 1 is 1.22 bits per heavy atom. The molecule has 1 amide bonds. The Labute approximate surface area is 156 Å². The van der Waals surface area contributed by atoms with Crippen molar-refractivity contribution >= 4 is 85.6 Å². The van der Waals surface area contributed by atoms with Crippen molar-refractivity contribution in [3.63, 3.8) is 0 Å². The Hall–Kier alpha value is -0.810. The van der Waals surface area contributed by atoms with Gasteiger partial charge in [0, 0.05) is 10.7 Å². The summed E-state index contributed by atoms with van der Waals surface area (Å²) in [6, 6.07) is 6.43. The first kappa shape index (κ1) is 17.0. The van der Waals surface area contributed by atoms with Crippen molar-refractivity contribution in [2.24, 2.45) is 0 Å². The fourth-order valence-corrected chi connectivity index (χ4v) is 5.36. The molecule has 0 bridgehead atoms. The number of sulfone groups is 1. The summed E-state index contributed by atoms with van der Waals surface area (Å²) in [5.74, 6) is -0.260. The Morgan fingerprint density at radius 3 is 2.57 bits per heavy atom. The zero-order valence-corrected chi connectivity index (χ0v) is 17.1. The molecule has 0 aliphatic carbocycles. The van der Waals surface area contributed by atoms with Crippen molar-refractivity contribution in [3.05, 3.63) is 37.4 Å². The van der Waals surface area contributed by atoms with Crippen LogP contribution in [0.5, 0.6) is 0 Å². The minimum absolute atomic E-state index is 0.234. The molecule has 1 N–H and O–H groups in total. The van der Waals surface area contributed by atoms with Gasteiger partial charge in [-0.2, -0.15) is 0 Å². The molecule has 0 atom stereocenters. The first-order chi connectivity index (χ1) is 10.7. The lowest BCUT2D eigenvalue weighted by Gasteiger charge is -1.96. The van der Waals surface area contributed by atoms with Crippen LogP contribution >= 0.6 is 54.5 Å². The van der Waals surface area contributed by atoms with Crippen LogP contribution in [0.15, 0.2) is 37.4 Å². The fraction of sp³-hybridized carbons (Fsp3) is 0.0769. The summed E-state index contributed by atoms with van der Waals surface area (Å²) in [4.78, 5) is 17.3. The number of thiazole rings is 1.